The highest BCUT2D eigenvalue weighted by Gasteiger charge is 2.11. The van der Waals surface area contributed by atoms with Crippen LogP contribution in [-0.2, 0) is 16.0 Å². The molecule has 1 unspecified atom stereocenters. The third kappa shape index (κ3) is 4.94. The molecule has 100 valence electrons. The van der Waals surface area contributed by atoms with Gasteiger partial charge in [0.05, 0.1) is 26.2 Å². The summed E-state index contributed by atoms with van der Waals surface area (Å²) in [6.45, 7) is 0.415. The quantitative estimate of drug-likeness (QED) is 0.767. The Balaban J connectivity index is 2.47. The van der Waals surface area contributed by atoms with Crippen molar-refractivity contribution in [1.82, 2.24) is 5.32 Å². The summed E-state index contributed by atoms with van der Waals surface area (Å²) in [6.07, 6.45) is 0.321. The molecule has 0 fully saturated rings. The fraction of sp³-hybridized carbons (Fsp3) is 0.462. The first-order valence-corrected chi connectivity index (χ1v) is 6.20. The number of nitrogens with one attached hydrogen (secondary N) is 1. The second-order valence-electron chi connectivity index (χ2n) is 3.90. The minimum atomic E-state index is -0.151. The smallest absolute Gasteiger partial charge is 0.224 e. The largest absolute Gasteiger partial charge is 0.497 e. The third-order valence-corrected chi connectivity index (χ3v) is 2.82. The maximum absolute atomic E-state index is 11.8. The summed E-state index contributed by atoms with van der Waals surface area (Å²) >= 11 is 5.72. The van der Waals surface area contributed by atoms with Crippen LogP contribution in [-0.4, -0.2) is 38.7 Å². The topological polar surface area (TPSA) is 47.6 Å². The van der Waals surface area contributed by atoms with Gasteiger partial charge in [-0.25, -0.2) is 0 Å². The number of methoxy groups -OCH3 is 2. The van der Waals surface area contributed by atoms with E-state index in [4.69, 9.17) is 21.1 Å². The number of benzene rings is 1. The van der Waals surface area contributed by atoms with Crippen LogP contribution in [0.5, 0.6) is 5.75 Å². The van der Waals surface area contributed by atoms with Gasteiger partial charge in [-0.3, -0.25) is 4.79 Å². The highest BCUT2D eigenvalue weighted by atomic mass is 35.5. The van der Waals surface area contributed by atoms with E-state index >= 15 is 0 Å². The van der Waals surface area contributed by atoms with E-state index in [1.807, 2.05) is 24.3 Å². The van der Waals surface area contributed by atoms with Gasteiger partial charge in [0.1, 0.15) is 5.75 Å². The van der Waals surface area contributed by atoms with E-state index in [9.17, 15) is 4.79 Å². The first-order chi connectivity index (χ1) is 8.69. The molecule has 1 N–H and O–H groups in total. The van der Waals surface area contributed by atoms with Crippen molar-refractivity contribution in [2.45, 2.75) is 12.5 Å². The number of amides is 1. The zero-order valence-corrected chi connectivity index (χ0v) is 11.4. The third-order valence-electron chi connectivity index (χ3n) is 2.44. The van der Waals surface area contributed by atoms with Gasteiger partial charge >= 0.3 is 0 Å². The molecule has 0 bridgehead atoms. The molecule has 0 saturated heterocycles. The van der Waals surface area contributed by atoms with Gasteiger partial charge in [-0.05, 0) is 17.7 Å². The SMILES string of the molecule is COCC(CCl)NC(=O)Cc1ccc(OC)cc1. The average Bonchev–Trinajstić information content (AvgIpc) is 2.39. The molecule has 5 heteroatoms. The molecule has 0 aliphatic carbocycles. The monoisotopic (exact) mass is 271 g/mol. The maximum atomic E-state index is 11.8. The number of ether oxygens (including phenoxy) is 2. The number of hydrogen-bond acceptors (Lipinski definition) is 3. The Labute approximate surface area is 112 Å². The van der Waals surface area contributed by atoms with E-state index in [0.717, 1.165) is 11.3 Å². The van der Waals surface area contributed by atoms with Crippen molar-refractivity contribution < 1.29 is 14.3 Å². The predicted octanol–water partition coefficient (Wildman–Crippen LogP) is 1.61. The molecule has 0 aromatic heterocycles. The van der Waals surface area contributed by atoms with Gasteiger partial charge in [-0.2, -0.15) is 0 Å². The number of alkyl halides is 1. The zero-order chi connectivity index (χ0) is 13.4. The van der Waals surface area contributed by atoms with Crippen LogP contribution in [0.25, 0.3) is 0 Å². The standard InChI is InChI=1S/C13H18ClNO3/c1-17-9-11(8-14)15-13(16)7-10-3-5-12(18-2)6-4-10/h3-6,11H,7-9H2,1-2H3,(H,15,16). The first-order valence-electron chi connectivity index (χ1n) is 5.66. The normalized spacial score (nSPS) is 11.9. The number of rotatable bonds is 7. The van der Waals surface area contributed by atoms with Gasteiger partial charge in [0, 0.05) is 13.0 Å². The number of hydrogen-bond donors (Lipinski definition) is 1. The molecule has 0 spiro atoms. The Morgan fingerprint density at radius 2 is 2.00 bits per heavy atom. The van der Waals surface area contributed by atoms with Crippen LogP contribution in [0.15, 0.2) is 24.3 Å². The number of halogens is 1. The molecule has 4 nitrogen and oxygen atoms in total. The summed E-state index contributed by atoms with van der Waals surface area (Å²) in [4.78, 5) is 11.8. The van der Waals surface area contributed by atoms with Crippen LogP contribution in [0.1, 0.15) is 5.56 Å². The minimum Gasteiger partial charge on any atom is -0.497 e. The summed E-state index contributed by atoms with van der Waals surface area (Å²) in [5.74, 6) is 1.04. The second kappa shape index (κ2) is 7.95. The van der Waals surface area contributed by atoms with Crippen LogP contribution in [0.2, 0.25) is 0 Å². The molecule has 18 heavy (non-hydrogen) atoms. The van der Waals surface area contributed by atoms with Gasteiger partial charge in [-0.1, -0.05) is 12.1 Å². The molecular formula is C13H18ClNO3. The van der Waals surface area contributed by atoms with Crippen LogP contribution in [0.4, 0.5) is 0 Å². The second-order valence-corrected chi connectivity index (χ2v) is 4.21. The van der Waals surface area contributed by atoms with Crippen molar-refractivity contribution in [3.63, 3.8) is 0 Å². The molecule has 1 rings (SSSR count). The lowest BCUT2D eigenvalue weighted by atomic mass is 10.1. The average molecular weight is 272 g/mol. The van der Waals surface area contributed by atoms with E-state index < -0.39 is 0 Å². The van der Waals surface area contributed by atoms with Gasteiger partial charge in [-0.15, -0.1) is 11.6 Å². The van der Waals surface area contributed by atoms with Crippen molar-refractivity contribution in [3.8, 4) is 5.75 Å². The molecule has 0 radical (unpaired) electrons. The predicted molar refractivity (Wildman–Crippen MR) is 71.2 cm³/mol. The minimum absolute atomic E-state index is 0.0668. The van der Waals surface area contributed by atoms with Crippen molar-refractivity contribution in [1.29, 1.82) is 0 Å². The Hall–Kier alpha value is -1.26. The van der Waals surface area contributed by atoms with Gasteiger partial charge in [0.2, 0.25) is 5.91 Å². The first kappa shape index (κ1) is 14.8. The number of carbonyl (C=O) groups excluding carboxylic acids is 1. The van der Waals surface area contributed by atoms with E-state index in [1.165, 1.54) is 0 Å². The van der Waals surface area contributed by atoms with E-state index in [-0.39, 0.29) is 11.9 Å². The number of carbonyl (C=O) groups is 1. The van der Waals surface area contributed by atoms with Gasteiger partial charge < -0.3 is 14.8 Å². The summed E-state index contributed by atoms with van der Waals surface area (Å²) in [6, 6.07) is 7.24. The lowest BCUT2D eigenvalue weighted by molar-refractivity contribution is -0.121. The molecule has 0 saturated carbocycles. The highest BCUT2D eigenvalue weighted by molar-refractivity contribution is 6.18. The molecule has 1 amide bonds. The van der Waals surface area contributed by atoms with Gasteiger partial charge in [0.25, 0.3) is 0 Å². The molecule has 1 aromatic rings. The van der Waals surface area contributed by atoms with E-state index in [1.54, 1.807) is 14.2 Å². The molecule has 0 aliphatic heterocycles. The van der Waals surface area contributed by atoms with Crippen molar-refractivity contribution in [3.05, 3.63) is 29.8 Å². The summed E-state index contributed by atoms with van der Waals surface area (Å²) < 4.78 is 10.0. The molecule has 1 atom stereocenters. The zero-order valence-electron chi connectivity index (χ0n) is 10.6. The lowest BCUT2D eigenvalue weighted by Gasteiger charge is -2.14. The van der Waals surface area contributed by atoms with E-state index in [0.29, 0.717) is 18.9 Å². The molecule has 0 heterocycles. The Morgan fingerprint density at radius 3 is 2.50 bits per heavy atom. The van der Waals surface area contributed by atoms with Gasteiger partial charge in [0.15, 0.2) is 0 Å². The Morgan fingerprint density at radius 1 is 1.33 bits per heavy atom. The van der Waals surface area contributed by atoms with Crippen molar-refractivity contribution in [2.75, 3.05) is 26.7 Å². The van der Waals surface area contributed by atoms with Crippen LogP contribution in [0, 0.1) is 0 Å². The van der Waals surface area contributed by atoms with Crippen molar-refractivity contribution in [2.24, 2.45) is 0 Å². The summed E-state index contributed by atoms with van der Waals surface area (Å²) in [5, 5.41) is 2.82. The molecule has 1 aromatic carbocycles. The lowest BCUT2D eigenvalue weighted by Crippen LogP contribution is -2.40. The van der Waals surface area contributed by atoms with Crippen LogP contribution >= 0.6 is 11.6 Å². The Kier molecular flexibility index (Phi) is 6.54. The fourth-order valence-electron chi connectivity index (χ4n) is 1.53. The highest BCUT2D eigenvalue weighted by Crippen LogP contribution is 2.11. The van der Waals surface area contributed by atoms with E-state index in [2.05, 4.69) is 5.32 Å². The molecule has 0 aliphatic rings. The summed E-state index contributed by atoms with van der Waals surface area (Å²) in [7, 11) is 3.19. The maximum Gasteiger partial charge on any atom is 0.224 e. The Bertz CT molecular complexity index is 367. The van der Waals surface area contributed by atoms with Crippen LogP contribution < -0.4 is 10.1 Å². The van der Waals surface area contributed by atoms with Crippen molar-refractivity contribution >= 4 is 17.5 Å². The van der Waals surface area contributed by atoms with Crippen LogP contribution in [0.3, 0.4) is 0 Å². The molecular weight excluding hydrogens is 254 g/mol. The fourth-order valence-corrected chi connectivity index (χ4v) is 1.70. The summed E-state index contributed by atoms with van der Waals surface area (Å²) in [5.41, 5.74) is 0.930.